The van der Waals surface area contributed by atoms with Crippen molar-refractivity contribution in [1.29, 1.82) is 0 Å². The van der Waals surface area contributed by atoms with Crippen LogP contribution in [0.3, 0.4) is 0 Å². The molecule has 4 atom stereocenters. The molecule has 2 aliphatic heterocycles. The van der Waals surface area contributed by atoms with Crippen LogP contribution in [0.5, 0.6) is 0 Å². The molecule has 0 spiro atoms. The molecule has 2 saturated heterocycles. The van der Waals surface area contributed by atoms with Crippen LogP contribution >= 0.6 is 11.8 Å². The van der Waals surface area contributed by atoms with Crippen molar-refractivity contribution < 1.29 is 43.2 Å². The first-order valence-electron chi connectivity index (χ1n) is 15.0. The number of carboxylic acids is 1. The number of ketones is 1. The van der Waals surface area contributed by atoms with Gasteiger partial charge in [-0.2, -0.15) is 0 Å². The molecule has 4 N–H and O–H groups in total. The number of thioether (sulfide) groups is 1. The first-order valence-corrected chi connectivity index (χ1v) is 15.9. The SMILES string of the molecule is CCC(=O)CCCCCCC(=O)NCCOCCOCCOCCO[C@@H]1S[C@@H](CCCCC(=O)O)[C@H]2NC(=O)N[C@H]21. The van der Waals surface area contributed by atoms with Gasteiger partial charge < -0.3 is 40.0 Å². The van der Waals surface area contributed by atoms with E-state index in [0.717, 1.165) is 38.5 Å². The van der Waals surface area contributed by atoms with Gasteiger partial charge in [-0.3, -0.25) is 14.4 Å². The number of amides is 3. The number of ether oxygens (including phenoxy) is 4. The zero-order chi connectivity index (χ0) is 29.7. The van der Waals surface area contributed by atoms with Crippen LogP contribution < -0.4 is 16.0 Å². The number of fused-ring (bicyclic) bond motifs is 1. The Bertz CT molecular complexity index is 789. The van der Waals surface area contributed by atoms with Gasteiger partial charge in [0.1, 0.15) is 11.2 Å². The molecule has 0 radical (unpaired) electrons. The Kier molecular flexibility index (Phi) is 18.7. The summed E-state index contributed by atoms with van der Waals surface area (Å²) in [5, 5.41) is 17.7. The predicted octanol–water partition coefficient (Wildman–Crippen LogP) is 2.63. The molecule has 3 amide bonds. The highest BCUT2D eigenvalue weighted by Crippen LogP contribution is 2.39. The minimum Gasteiger partial charge on any atom is -0.481 e. The summed E-state index contributed by atoms with van der Waals surface area (Å²) in [6.45, 7) is 5.35. The van der Waals surface area contributed by atoms with Crippen molar-refractivity contribution in [3.8, 4) is 0 Å². The third kappa shape index (κ3) is 15.8. The van der Waals surface area contributed by atoms with Gasteiger partial charge in [-0.15, -0.1) is 11.8 Å². The lowest BCUT2D eigenvalue weighted by Gasteiger charge is -2.17. The van der Waals surface area contributed by atoms with Crippen molar-refractivity contribution in [2.45, 2.75) is 100 Å². The van der Waals surface area contributed by atoms with E-state index in [4.69, 9.17) is 24.1 Å². The standard InChI is InChI=1S/C28H49N3O9S/c1-2-21(32)9-5-3-4-6-11-23(33)29-13-14-37-15-16-38-17-18-39-19-20-40-27-26-25(30-28(36)31-26)22(41-27)10-7-8-12-24(34)35/h22,25-27H,2-20H2,1H3,(H,29,33)(H,34,35)(H2,30,31,36)/t22-,25+,26+,27+/m0/s1. The Labute approximate surface area is 247 Å². The van der Waals surface area contributed by atoms with E-state index >= 15 is 0 Å². The first kappa shape index (κ1) is 35.3. The molecular weight excluding hydrogens is 554 g/mol. The van der Waals surface area contributed by atoms with Gasteiger partial charge >= 0.3 is 12.0 Å². The molecule has 0 aromatic heterocycles. The van der Waals surface area contributed by atoms with Gasteiger partial charge in [-0.05, 0) is 25.7 Å². The number of nitrogens with one attached hydrogen (secondary N) is 3. The molecule has 0 unspecified atom stereocenters. The summed E-state index contributed by atoms with van der Waals surface area (Å²) in [7, 11) is 0. The van der Waals surface area contributed by atoms with Crippen molar-refractivity contribution >= 4 is 35.5 Å². The van der Waals surface area contributed by atoms with Crippen LogP contribution in [0, 0.1) is 0 Å². The lowest BCUT2D eigenvalue weighted by molar-refractivity contribution is -0.137. The number of Topliss-reactive ketones (excluding diaryl/α,β-unsaturated/α-hetero) is 1. The molecule has 236 valence electrons. The molecule has 0 aliphatic carbocycles. The molecular formula is C28H49N3O9S. The van der Waals surface area contributed by atoms with Crippen LogP contribution in [0.25, 0.3) is 0 Å². The minimum atomic E-state index is -0.785. The molecule has 2 rings (SSSR count). The highest BCUT2D eigenvalue weighted by Gasteiger charge is 2.49. The average molecular weight is 604 g/mol. The maximum atomic E-state index is 11.8. The molecule has 13 heteroatoms. The second-order valence-corrected chi connectivity index (χ2v) is 11.6. The van der Waals surface area contributed by atoms with Crippen molar-refractivity contribution in [3.05, 3.63) is 0 Å². The first-order chi connectivity index (χ1) is 19.9. The van der Waals surface area contributed by atoms with Crippen molar-refractivity contribution in [3.63, 3.8) is 0 Å². The Balaban J connectivity index is 1.36. The van der Waals surface area contributed by atoms with Crippen LogP contribution in [-0.4, -0.2) is 104 Å². The van der Waals surface area contributed by atoms with E-state index < -0.39 is 5.97 Å². The van der Waals surface area contributed by atoms with Gasteiger partial charge in [0.2, 0.25) is 5.91 Å². The number of hydrogen-bond donors (Lipinski definition) is 4. The molecule has 2 fully saturated rings. The molecule has 2 aliphatic rings. The molecule has 0 aromatic rings. The van der Waals surface area contributed by atoms with Crippen molar-refractivity contribution in [1.82, 2.24) is 16.0 Å². The topological polar surface area (TPSA) is 162 Å². The fourth-order valence-electron chi connectivity index (χ4n) is 4.69. The smallest absolute Gasteiger partial charge is 0.315 e. The van der Waals surface area contributed by atoms with Gasteiger partial charge in [0, 0.05) is 37.5 Å². The second-order valence-electron chi connectivity index (χ2n) is 10.2. The van der Waals surface area contributed by atoms with Gasteiger partial charge in [-0.25, -0.2) is 4.79 Å². The summed E-state index contributed by atoms with van der Waals surface area (Å²) in [6, 6.07) is -0.306. The number of rotatable bonds is 26. The van der Waals surface area contributed by atoms with E-state index in [1.807, 2.05) is 6.92 Å². The van der Waals surface area contributed by atoms with Crippen molar-refractivity contribution in [2.75, 3.05) is 52.8 Å². The van der Waals surface area contributed by atoms with Gasteiger partial charge in [0.15, 0.2) is 0 Å². The third-order valence-corrected chi connectivity index (χ3v) is 8.52. The zero-order valence-corrected chi connectivity index (χ0v) is 25.2. The molecule has 2 heterocycles. The number of urea groups is 1. The molecule has 41 heavy (non-hydrogen) atoms. The number of carbonyl (C=O) groups excluding carboxylic acids is 3. The van der Waals surface area contributed by atoms with Crippen LogP contribution in [0.1, 0.15) is 77.6 Å². The average Bonchev–Trinajstić information content (AvgIpc) is 3.48. The lowest BCUT2D eigenvalue weighted by atomic mass is 10.0. The highest BCUT2D eigenvalue weighted by molar-refractivity contribution is 8.00. The summed E-state index contributed by atoms with van der Waals surface area (Å²) in [4.78, 5) is 45.6. The summed E-state index contributed by atoms with van der Waals surface area (Å²) in [6.07, 6.45) is 7.87. The highest BCUT2D eigenvalue weighted by atomic mass is 32.2. The maximum Gasteiger partial charge on any atom is 0.315 e. The molecule has 0 aromatic carbocycles. The van der Waals surface area contributed by atoms with E-state index in [9.17, 15) is 19.2 Å². The quantitative estimate of drug-likeness (QED) is 0.0854. The van der Waals surface area contributed by atoms with E-state index in [1.165, 1.54) is 0 Å². The summed E-state index contributed by atoms with van der Waals surface area (Å²) in [5.41, 5.74) is -0.168. The molecule has 12 nitrogen and oxygen atoms in total. The van der Waals surface area contributed by atoms with E-state index in [1.54, 1.807) is 11.8 Å². The summed E-state index contributed by atoms with van der Waals surface area (Å²) >= 11 is 1.68. The van der Waals surface area contributed by atoms with Crippen LogP contribution in [-0.2, 0) is 33.3 Å². The predicted molar refractivity (Wildman–Crippen MR) is 155 cm³/mol. The summed E-state index contributed by atoms with van der Waals surface area (Å²) in [5.74, 6) is -0.453. The van der Waals surface area contributed by atoms with Gasteiger partial charge in [0.25, 0.3) is 0 Å². The maximum absolute atomic E-state index is 11.8. The number of hydrogen-bond acceptors (Lipinski definition) is 9. The zero-order valence-electron chi connectivity index (χ0n) is 24.4. The van der Waals surface area contributed by atoms with Crippen LogP contribution in [0.2, 0.25) is 0 Å². The van der Waals surface area contributed by atoms with E-state index in [-0.39, 0.29) is 41.1 Å². The largest absolute Gasteiger partial charge is 0.481 e. The number of aliphatic carboxylic acids is 1. The fourth-order valence-corrected chi connectivity index (χ4v) is 6.33. The van der Waals surface area contributed by atoms with E-state index in [2.05, 4.69) is 16.0 Å². The Morgan fingerprint density at radius 3 is 2.10 bits per heavy atom. The Morgan fingerprint density at radius 2 is 1.41 bits per heavy atom. The second kappa shape index (κ2) is 21.7. The Hall–Kier alpha value is -1.93. The number of carbonyl (C=O) groups is 4. The number of unbranched alkanes of at least 4 members (excludes halogenated alkanes) is 4. The molecule has 0 bridgehead atoms. The number of carboxylic acid groups (broad SMARTS) is 1. The van der Waals surface area contributed by atoms with Gasteiger partial charge in [-0.1, -0.05) is 26.2 Å². The van der Waals surface area contributed by atoms with E-state index in [0.29, 0.717) is 84.3 Å². The van der Waals surface area contributed by atoms with Crippen LogP contribution in [0.15, 0.2) is 0 Å². The molecule has 0 saturated carbocycles. The third-order valence-electron chi connectivity index (χ3n) is 6.94. The van der Waals surface area contributed by atoms with Gasteiger partial charge in [0.05, 0.1) is 58.3 Å². The van der Waals surface area contributed by atoms with Crippen LogP contribution in [0.4, 0.5) is 4.79 Å². The normalized spacial score (nSPS) is 21.3. The fraction of sp³-hybridized carbons (Fsp3) is 0.857. The minimum absolute atomic E-state index is 0.0139. The summed E-state index contributed by atoms with van der Waals surface area (Å²) < 4.78 is 22.5. The Morgan fingerprint density at radius 1 is 0.805 bits per heavy atom. The lowest BCUT2D eigenvalue weighted by Crippen LogP contribution is -2.40. The monoisotopic (exact) mass is 603 g/mol. The van der Waals surface area contributed by atoms with Crippen molar-refractivity contribution in [2.24, 2.45) is 0 Å².